The molecule has 0 saturated carbocycles. The second-order valence-corrected chi connectivity index (χ2v) is 5.66. The summed E-state index contributed by atoms with van der Waals surface area (Å²) in [6.45, 7) is 1.87. The number of benzene rings is 1. The fourth-order valence-corrected chi connectivity index (χ4v) is 2.29. The minimum atomic E-state index is -0.232. The van der Waals surface area contributed by atoms with Crippen molar-refractivity contribution < 1.29 is 4.79 Å². The maximum atomic E-state index is 12.4. The molecule has 0 fully saturated rings. The Kier molecular flexibility index (Phi) is 4.20. The summed E-state index contributed by atoms with van der Waals surface area (Å²) < 4.78 is 2.37. The Bertz CT molecular complexity index is 696. The molecule has 5 nitrogen and oxygen atoms in total. The number of nitrogens with zero attached hydrogens (tertiary/aromatic N) is 2. The summed E-state index contributed by atoms with van der Waals surface area (Å²) >= 11 is 8.30. The molecule has 0 saturated heterocycles. The normalized spacial score (nSPS) is 10.3. The zero-order valence-electron chi connectivity index (χ0n) is 11.0. The van der Waals surface area contributed by atoms with Gasteiger partial charge in [0.25, 0.3) is 5.91 Å². The monoisotopic (exact) mass is 352 g/mol. The van der Waals surface area contributed by atoms with Gasteiger partial charge in [-0.05, 0) is 24.6 Å². The topological polar surface area (TPSA) is 72.9 Å². The van der Waals surface area contributed by atoms with Gasteiger partial charge in [0.15, 0.2) is 0 Å². The fraction of sp³-hybridized carbons (Fsp3) is 0.154. The van der Waals surface area contributed by atoms with Gasteiger partial charge in [0, 0.05) is 17.1 Å². The molecule has 20 heavy (non-hydrogen) atoms. The SMILES string of the molecule is Cc1ccc(Br)cc1C(=O)Nc1c(C(N)=S)cnn1C. The molecule has 0 atom stereocenters. The van der Waals surface area contributed by atoms with Gasteiger partial charge in [-0.1, -0.05) is 34.2 Å². The summed E-state index contributed by atoms with van der Waals surface area (Å²) in [6, 6.07) is 5.52. The third-order valence-corrected chi connectivity index (χ3v) is 3.59. The number of hydrogen-bond acceptors (Lipinski definition) is 3. The maximum Gasteiger partial charge on any atom is 0.257 e. The van der Waals surface area contributed by atoms with Gasteiger partial charge in [0.2, 0.25) is 0 Å². The first kappa shape index (κ1) is 14.7. The highest BCUT2D eigenvalue weighted by atomic mass is 79.9. The van der Waals surface area contributed by atoms with Gasteiger partial charge < -0.3 is 11.1 Å². The third kappa shape index (κ3) is 2.88. The Morgan fingerprint density at radius 3 is 2.80 bits per heavy atom. The molecule has 1 amide bonds. The van der Waals surface area contributed by atoms with Crippen LogP contribution in [0.25, 0.3) is 0 Å². The lowest BCUT2D eigenvalue weighted by Crippen LogP contribution is -2.19. The van der Waals surface area contributed by atoms with Crippen LogP contribution in [0.3, 0.4) is 0 Å². The highest BCUT2D eigenvalue weighted by molar-refractivity contribution is 9.10. The van der Waals surface area contributed by atoms with E-state index in [1.165, 1.54) is 10.9 Å². The van der Waals surface area contributed by atoms with E-state index < -0.39 is 0 Å². The number of carbonyl (C=O) groups is 1. The van der Waals surface area contributed by atoms with Gasteiger partial charge in [0.1, 0.15) is 10.8 Å². The average molecular weight is 353 g/mol. The van der Waals surface area contributed by atoms with Crippen molar-refractivity contribution in [3.63, 3.8) is 0 Å². The molecule has 7 heteroatoms. The van der Waals surface area contributed by atoms with E-state index in [0.717, 1.165) is 10.0 Å². The molecule has 2 aromatic rings. The van der Waals surface area contributed by atoms with E-state index in [9.17, 15) is 4.79 Å². The number of aryl methyl sites for hydroxylation is 2. The minimum absolute atomic E-state index is 0.194. The first-order chi connectivity index (χ1) is 9.40. The molecule has 0 aliphatic rings. The molecule has 1 aromatic carbocycles. The minimum Gasteiger partial charge on any atom is -0.389 e. The summed E-state index contributed by atoms with van der Waals surface area (Å²) in [5.41, 5.74) is 7.62. The van der Waals surface area contributed by atoms with Crippen LogP contribution in [0.1, 0.15) is 21.5 Å². The van der Waals surface area contributed by atoms with E-state index in [1.54, 1.807) is 13.1 Å². The first-order valence-electron chi connectivity index (χ1n) is 5.79. The second-order valence-electron chi connectivity index (χ2n) is 4.31. The fourth-order valence-electron chi connectivity index (χ4n) is 1.78. The highest BCUT2D eigenvalue weighted by Gasteiger charge is 2.16. The number of halogens is 1. The number of aromatic nitrogens is 2. The zero-order chi connectivity index (χ0) is 14.9. The Morgan fingerprint density at radius 1 is 1.45 bits per heavy atom. The summed E-state index contributed by atoms with van der Waals surface area (Å²) in [7, 11) is 1.71. The first-order valence-corrected chi connectivity index (χ1v) is 6.99. The average Bonchev–Trinajstić information content (AvgIpc) is 2.74. The number of rotatable bonds is 3. The number of nitrogens with two attached hydrogens (primary N) is 1. The predicted molar refractivity (Wildman–Crippen MR) is 85.9 cm³/mol. The van der Waals surface area contributed by atoms with E-state index in [2.05, 4.69) is 26.3 Å². The second kappa shape index (κ2) is 5.72. The van der Waals surface area contributed by atoms with Gasteiger partial charge in [-0.15, -0.1) is 0 Å². The van der Waals surface area contributed by atoms with E-state index >= 15 is 0 Å². The molecule has 0 bridgehead atoms. The zero-order valence-corrected chi connectivity index (χ0v) is 13.4. The maximum absolute atomic E-state index is 12.4. The third-order valence-electron chi connectivity index (χ3n) is 2.88. The van der Waals surface area contributed by atoms with Crippen LogP contribution in [-0.4, -0.2) is 20.7 Å². The smallest absolute Gasteiger partial charge is 0.257 e. The molecular formula is C13H13BrN4OS. The van der Waals surface area contributed by atoms with E-state index in [4.69, 9.17) is 18.0 Å². The van der Waals surface area contributed by atoms with Crippen molar-refractivity contribution in [1.82, 2.24) is 9.78 Å². The Balaban J connectivity index is 2.35. The number of thiocarbonyl (C=S) groups is 1. The van der Waals surface area contributed by atoms with Crippen molar-refractivity contribution in [3.8, 4) is 0 Å². The van der Waals surface area contributed by atoms with Crippen molar-refractivity contribution in [2.45, 2.75) is 6.92 Å². The Morgan fingerprint density at radius 2 is 2.15 bits per heavy atom. The largest absolute Gasteiger partial charge is 0.389 e. The Hall–Kier alpha value is -1.73. The van der Waals surface area contributed by atoms with Crippen LogP contribution >= 0.6 is 28.1 Å². The standard InChI is InChI=1S/C13H13BrN4OS/c1-7-3-4-8(14)5-9(7)13(19)17-12-10(11(15)20)6-16-18(12)2/h3-6H,1-2H3,(H2,15,20)(H,17,19). The van der Waals surface area contributed by atoms with Crippen molar-refractivity contribution in [1.29, 1.82) is 0 Å². The van der Waals surface area contributed by atoms with Gasteiger partial charge in [-0.2, -0.15) is 5.10 Å². The van der Waals surface area contributed by atoms with Gasteiger partial charge >= 0.3 is 0 Å². The summed E-state index contributed by atoms with van der Waals surface area (Å²) in [5.74, 6) is 0.256. The van der Waals surface area contributed by atoms with Crippen LogP contribution in [0.2, 0.25) is 0 Å². The summed E-state index contributed by atoms with van der Waals surface area (Å²) in [6.07, 6.45) is 1.53. The lowest BCUT2D eigenvalue weighted by molar-refractivity contribution is 0.102. The molecule has 0 spiro atoms. The molecule has 104 valence electrons. The number of hydrogen-bond donors (Lipinski definition) is 2. The van der Waals surface area contributed by atoms with E-state index in [1.807, 2.05) is 19.1 Å². The van der Waals surface area contributed by atoms with Gasteiger partial charge in [-0.25, -0.2) is 0 Å². The molecule has 0 aliphatic heterocycles. The van der Waals surface area contributed by atoms with Crippen LogP contribution < -0.4 is 11.1 Å². The van der Waals surface area contributed by atoms with Crippen molar-refractivity contribution in [2.75, 3.05) is 5.32 Å². The van der Waals surface area contributed by atoms with Crippen LogP contribution in [0.4, 0.5) is 5.82 Å². The van der Waals surface area contributed by atoms with Crippen molar-refractivity contribution in [3.05, 3.63) is 45.6 Å². The summed E-state index contributed by atoms with van der Waals surface area (Å²) in [5, 5.41) is 6.85. The van der Waals surface area contributed by atoms with Gasteiger partial charge in [-0.3, -0.25) is 9.48 Å². The molecular weight excluding hydrogens is 340 g/mol. The van der Waals surface area contributed by atoms with Crippen LogP contribution in [0.5, 0.6) is 0 Å². The molecule has 0 radical (unpaired) electrons. The molecule has 0 unspecified atom stereocenters. The van der Waals surface area contributed by atoms with Gasteiger partial charge in [0.05, 0.1) is 11.8 Å². The van der Waals surface area contributed by atoms with E-state index in [0.29, 0.717) is 16.9 Å². The number of anilines is 1. The number of amides is 1. The summed E-state index contributed by atoms with van der Waals surface area (Å²) in [4.78, 5) is 12.5. The van der Waals surface area contributed by atoms with Crippen molar-refractivity contribution in [2.24, 2.45) is 12.8 Å². The lowest BCUT2D eigenvalue weighted by atomic mass is 10.1. The molecule has 1 aromatic heterocycles. The lowest BCUT2D eigenvalue weighted by Gasteiger charge is -2.10. The molecule has 2 rings (SSSR count). The quantitative estimate of drug-likeness (QED) is 0.831. The molecule has 1 heterocycles. The van der Waals surface area contributed by atoms with Crippen LogP contribution in [-0.2, 0) is 7.05 Å². The van der Waals surface area contributed by atoms with Crippen LogP contribution in [0, 0.1) is 6.92 Å². The number of nitrogens with one attached hydrogen (secondary N) is 1. The number of carbonyl (C=O) groups excluding carboxylic acids is 1. The molecule has 3 N–H and O–H groups in total. The van der Waals surface area contributed by atoms with E-state index in [-0.39, 0.29) is 10.9 Å². The highest BCUT2D eigenvalue weighted by Crippen LogP contribution is 2.19. The van der Waals surface area contributed by atoms with Crippen LogP contribution in [0.15, 0.2) is 28.9 Å². The predicted octanol–water partition coefficient (Wildman–Crippen LogP) is 2.38. The van der Waals surface area contributed by atoms with Crippen molar-refractivity contribution >= 4 is 44.9 Å². The molecule has 0 aliphatic carbocycles. The Labute approximate surface area is 130 Å².